The quantitative estimate of drug-likeness (QED) is 0.899. The lowest BCUT2D eigenvalue weighted by Gasteiger charge is -2.26. The van der Waals surface area contributed by atoms with Gasteiger partial charge in [-0.2, -0.15) is 5.26 Å². The molecule has 3 nitrogen and oxygen atoms in total. The molecule has 0 spiro atoms. The fraction of sp³-hybridized carbons (Fsp3) is 0.562. The summed E-state index contributed by atoms with van der Waals surface area (Å²) in [6.07, 6.45) is 3.25. The van der Waals surface area contributed by atoms with Gasteiger partial charge in [-0.1, -0.05) is 24.3 Å². The first-order valence-electron chi connectivity index (χ1n) is 7.06. The average molecular weight is 257 g/mol. The van der Waals surface area contributed by atoms with Crippen LogP contribution in [0.4, 0.5) is 0 Å². The van der Waals surface area contributed by atoms with Gasteiger partial charge < -0.3 is 5.32 Å². The van der Waals surface area contributed by atoms with Crippen LogP contribution in [0.25, 0.3) is 0 Å². The van der Waals surface area contributed by atoms with Crippen LogP contribution in [0.15, 0.2) is 24.3 Å². The first kappa shape index (κ1) is 14.0. The number of aryl methyl sites for hydroxylation is 1. The Bertz CT molecular complexity index is 463. The van der Waals surface area contributed by atoms with E-state index in [4.69, 9.17) is 0 Å². The molecule has 0 aromatic heterocycles. The Kier molecular flexibility index (Phi) is 4.57. The molecule has 0 bridgehead atoms. The molecular weight excluding hydrogens is 234 g/mol. The Balaban J connectivity index is 1.98. The molecule has 0 aliphatic carbocycles. The van der Waals surface area contributed by atoms with Gasteiger partial charge in [0.2, 0.25) is 0 Å². The van der Waals surface area contributed by atoms with E-state index in [1.807, 2.05) is 14.0 Å². The smallest absolute Gasteiger partial charge is 0.104 e. The number of nitriles is 1. The third-order valence-corrected chi connectivity index (χ3v) is 4.16. The summed E-state index contributed by atoms with van der Waals surface area (Å²) in [7, 11) is 1.86. The van der Waals surface area contributed by atoms with E-state index < -0.39 is 5.54 Å². The maximum atomic E-state index is 9.20. The molecule has 1 aliphatic rings. The molecule has 1 heterocycles. The summed E-state index contributed by atoms with van der Waals surface area (Å²) < 4.78 is 0. The minimum absolute atomic E-state index is 0.411. The normalized spacial score (nSPS) is 19.0. The minimum atomic E-state index is -0.411. The summed E-state index contributed by atoms with van der Waals surface area (Å²) in [4.78, 5) is 2.47. The summed E-state index contributed by atoms with van der Waals surface area (Å²) in [6.45, 7) is 5.08. The monoisotopic (exact) mass is 257 g/mol. The van der Waals surface area contributed by atoms with Gasteiger partial charge in [-0.25, -0.2) is 0 Å². The molecule has 19 heavy (non-hydrogen) atoms. The van der Waals surface area contributed by atoms with Crippen molar-refractivity contribution in [2.75, 3.05) is 20.1 Å². The van der Waals surface area contributed by atoms with E-state index in [1.165, 1.54) is 24.0 Å². The van der Waals surface area contributed by atoms with Crippen LogP contribution in [0.2, 0.25) is 0 Å². The number of rotatable bonds is 4. The van der Waals surface area contributed by atoms with E-state index >= 15 is 0 Å². The van der Waals surface area contributed by atoms with Crippen LogP contribution >= 0.6 is 0 Å². The lowest BCUT2D eigenvalue weighted by Crippen LogP contribution is -2.41. The molecule has 0 radical (unpaired) electrons. The highest BCUT2D eigenvalue weighted by Crippen LogP contribution is 2.19. The van der Waals surface area contributed by atoms with Crippen molar-refractivity contribution in [2.24, 2.45) is 0 Å². The molecule has 1 aromatic rings. The number of hydrogen-bond acceptors (Lipinski definition) is 3. The zero-order chi connectivity index (χ0) is 13.7. The topological polar surface area (TPSA) is 39.1 Å². The van der Waals surface area contributed by atoms with Crippen molar-refractivity contribution in [3.8, 4) is 6.07 Å². The maximum Gasteiger partial charge on any atom is 0.104 e. The molecule has 1 unspecified atom stereocenters. The summed E-state index contributed by atoms with van der Waals surface area (Å²) in [5.41, 5.74) is 2.52. The van der Waals surface area contributed by atoms with E-state index in [2.05, 4.69) is 40.6 Å². The molecule has 102 valence electrons. The van der Waals surface area contributed by atoms with Gasteiger partial charge in [-0.15, -0.1) is 0 Å². The van der Waals surface area contributed by atoms with E-state index in [-0.39, 0.29) is 0 Å². The standard InChI is InChI=1S/C16H23N3/c1-16(13-17,18-2)9-11-19-10-5-8-14-6-3-4-7-15(14)12-19/h3-4,6-7,18H,5,8-12H2,1-2H3. The summed E-state index contributed by atoms with van der Waals surface area (Å²) in [5.74, 6) is 0. The van der Waals surface area contributed by atoms with Crippen molar-refractivity contribution in [1.29, 1.82) is 5.26 Å². The largest absolute Gasteiger partial charge is 0.303 e. The zero-order valence-electron chi connectivity index (χ0n) is 11.9. The highest BCUT2D eigenvalue weighted by Gasteiger charge is 2.23. The Hall–Kier alpha value is -1.37. The van der Waals surface area contributed by atoms with Gasteiger partial charge in [0.15, 0.2) is 0 Å². The fourth-order valence-electron chi connectivity index (χ4n) is 2.58. The Morgan fingerprint density at radius 3 is 2.79 bits per heavy atom. The van der Waals surface area contributed by atoms with Gasteiger partial charge in [0.05, 0.1) is 6.07 Å². The molecule has 0 saturated heterocycles. The number of benzene rings is 1. The molecule has 2 rings (SSSR count). The van der Waals surface area contributed by atoms with Crippen molar-refractivity contribution in [3.63, 3.8) is 0 Å². The van der Waals surface area contributed by atoms with Crippen molar-refractivity contribution in [2.45, 2.75) is 38.3 Å². The van der Waals surface area contributed by atoms with Crippen LogP contribution in [0, 0.1) is 11.3 Å². The second kappa shape index (κ2) is 6.18. The number of hydrogen-bond donors (Lipinski definition) is 1. The SMILES string of the molecule is CNC(C)(C#N)CCN1CCCc2ccccc2C1. The van der Waals surface area contributed by atoms with Crippen LogP contribution < -0.4 is 5.32 Å². The van der Waals surface area contributed by atoms with Gasteiger partial charge >= 0.3 is 0 Å². The van der Waals surface area contributed by atoms with Gasteiger partial charge in [-0.05, 0) is 50.9 Å². The molecule has 0 saturated carbocycles. The fourth-order valence-corrected chi connectivity index (χ4v) is 2.58. The predicted octanol–water partition coefficient (Wildman–Crippen LogP) is 2.33. The molecule has 1 N–H and O–H groups in total. The zero-order valence-corrected chi connectivity index (χ0v) is 11.9. The first-order valence-corrected chi connectivity index (χ1v) is 7.06. The van der Waals surface area contributed by atoms with Crippen LogP contribution in [-0.4, -0.2) is 30.6 Å². The molecule has 1 atom stereocenters. The predicted molar refractivity (Wildman–Crippen MR) is 77.7 cm³/mol. The molecule has 1 aliphatic heterocycles. The maximum absolute atomic E-state index is 9.20. The summed E-state index contributed by atoms with van der Waals surface area (Å²) >= 11 is 0. The Morgan fingerprint density at radius 2 is 2.11 bits per heavy atom. The Labute approximate surface area is 116 Å². The van der Waals surface area contributed by atoms with Gasteiger partial charge in [0.1, 0.15) is 5.54 Å². The van der Waals surface area contributed by atoms with Crippen molar-refractivity contribution in [1.82, 2.24) is 10.2 Å². The number of fused-ring (bicyclic) bond motifs is 1. The van der Waals surface area contributed by atoms with Crippen LogP contribution in [0.1, 0.15) is 30.9 Å². The third-order valence-electron chi connectivity index (χ3n) is 4.16. The molecule has 3 heteroatoms. The minimum Gasteiger partial charge on any atom is -0.303 e. The van der Waals surface area contributed by atoms with E-state index in [9.17, 15) is 5.26 Å². The van der Waals surface area contributed by atoms with Gasteiger partial charge in [0.25, 0.3) is 0 Å². The van der Waals surface area contributed by atoms with Crippen molar-refractivity contribution < 1.29 is 0 Å². The highest BCUT2D eigenvalue weighted by molar-refractivity contribution is 5.28. The molecule has 1 aromatic carbocycles. The van der Waals surface area contributed by atoms with E-state index in [0.717, 1.165) is 26.1 Å². The highest BCUT2D eigenvalue weighted by atomic mass is 15.1. The molecule has 0 amide bonds. The molecule has 0 fully saturated rings. The van der Waals surface area contributed by atoms with Crippen LogP contribution in [-0.2, 0) is 13.0 Å². The summed E-state index contributed by atoms with van der Waals surface area (Å²) in [5, 5.41) is 12.3. The van der Waals surface area contributed by atoms with Crippen molar-refractivity contribution in [3.05, 3.63) is 35.4 Å². The van der Waals surface area contributed by atoms with Crippen molar-refractivity contribution >= 4 is 0 Å². The lowest BCUT2D eigenvalue weighted by molar-refractivity contribution is 0.243. The number of nitrogens with zero attached hydrogens (tertiary/aromatic N) is 2. The van der Waals surface area contributed by atoms with Crippen LogP contribution in [0.5, 0.6) is 0 Å². The van der Waals surface area contributed by atoms with Crippen LogP contribution in [0.3, 0.4) is 0 Å². The second-order valence-corrected chi connectivity index (χ2v) is 5.59. The first-order chi connectivity index (χ1) is 9.17. The molecular formula is C16H23N3. The van der Waals surface area contributed by atoms with E-state index in [0.29, 0.717) is 0 Å². The lowest BCUT2D eigenvalue weighted by atomic mass is 10.00. The third kappa shape index (κ3) is 3.56. The van der Waals surface area contributed by atoms with E-state index in [1.54, 1.807) is 0 Å². The number of nitrogens with one attached hydrogen (secondary N) is 1. The second-order valence-electron chi connectivity index (χ2n) is 5.59. The Morgan fingerprint density at radius 1 is 1.37 bits per heavy atom. The van der Waals surface area contributed by atoms with Gasteiger partial charge in [0, 0.05) is 13.1 Å². The van der Waals surface area contributed by atoms with Gasteiger partial charge in [-0.3, -0.25) is 4.90 Å². The summed E-state index contributed by atoms with van der Waals surface area (Å²) in [6, 6.07) is 11.1. The average Bonchev–Trinajstić information content (AvgIpc) is 2.66.